The Hall–Kier alpha value is -0.650. The minimum Gasteiger partial charge on any atom is -0.394 e. The van der Waals surface area contributed by atoms with Gasteiger partial charge in [0.15, 0.2) is 5.78 Å². The molecular weight excluding hydrogens is 226 g/mol. The largest absolute Gasteiger partial charge is 0.394 e. The molecule has 0 aliphatic carbocycles. The van der Waals surface area contributed by atoms with Crippen molar-refractivity contribution in [1.29, 1.82) is 0 Å². The van der Waals surface area contributed by atoms with Crippen LogP contribution in [0.25, 0.3) is 0 Å². The second-order valence-corrected chi connectivity index (χ2v) is 3.10. The van der Waals surface area contributed by atoms with E-state index in [9.17, 15) is 15.0 Å². The number of carbonyl (C=O) groups is 1. The summed E-state index contributed by atoms with van der Waals surface area (Å²) in [6.07, 6.45) is -4.08. The Morgan fingerprint density at radius 1 is 1.38 bits per heavy atom. The average Bonchev–Trinajstić information content (AvgIpc) is 2.32. The molecule has 0 aromatic rings. The van der Waals surface area contributed by atoms with Crippen molar-refractivity contribution in [2.24, 2.45) is 0 Å². The van der Waals surface area contributed by atoms with Crippen molar-refractivity contribution in [3.05, 3.63) is 0 Å². The zero-order valence-electron chi connectivity index (χ0n) is 8.28. The number of hydrogen-bond donors (Lipinski definition) is 7. The second-order valence-electron chi connectivity index (χ2n) is 3.10. The van der Waals surface area contributed by atoms with Crippen LogP contribution >= 0.6 is 0 Å². The van der Waals surface area contributed by atoms with Gasteiger partial charge in [-0.25, -0.2) is 0 Å². The van der Waals surface area contributed by atoms with E-state index < -0.39 is 43.4 Å². The Morgan fingerprint density at radius 3 is 2.31 bits per heavy atom. The fourth-order valence-corrected chi connectivity index (χ4v) is 0.993. The summed E-state index contributed by atoms with van der Waals surface area (Å²) in [4.78, 5) is 15.2. The summed E-state index contributed by atoms with van der Waals surface area (Å²) in [5, 5.41) is 53.4. The van der Waals surface area contributed by atoms with Crippen LogP contribution in [0.1, 0.15) is 0 Å². The lowest BCUT2D eigenvalue weighted by Gasteiger charge is -2.33. The highest BCUT2D eigenvalue weighted by atomic mass is 16.8. The quantitative estimate of drug-likeness (QED) is 0.209. The highest BCUT2D eigenvalue weighted by Gasteiger charge is 2.45. The van der Waals surface area contributed by atoms with Crippen LogP contribution in [0.3, 0.4) is 0 Å². The molecule has 0 saturated heterocycles. The van der Waals surface area contributed by atoms with Crippen LogP contribution in [-0.2, 0) is 9.63 Å². The topological polar surface area (TPSA) is 160 Å². The molecule has 3 unspecified atom stereocenters. The van der Waals surface area contributed by atoms with E-state index in [1.165, 1.54) is 5.64 Å². The summed E-state index contributed by atoms with van der Waals surface area (Å²) < 4.78 is 0. The van der Waals surface area contributed by atoms with Crippen molar-refractivity contribution in [1.82, 2.24) is 5.64 Å². The van der Waals surface area contributed by atoms with E-state index >= 15 is 0 Å². The number of carbonyl (C=O) groups excluding carboxylic acids is 1. The van der Waals surface area contributed by atoms with E-state index in [4.69, 9.17) is 20.5 Å². The maximum Gasteiger partial charge on any atom is 0.192 e. The van der Waals surface area contributed by atoms with Crippen molar-refractivity contribution in [2.75, 3.05) is 19.8 Å². The molecule has 0 heterocycles. The number of nitrogens with one attached hydrogen (secondary N) is 1. The Balaban J connectivity index is 4.62. The molecule has 0 aromatic heterocycles. The Kier molecular flexibility index (Phi) is 6.55. The van der Waals surface area contributed by atoms with Crippen molar-refractivity contribution in [2.45, 2.75) is 17.8 Å². The number of ketones is 1. The van der Waals surface area contributed by atoms with Crippen LogP contribution < -0.4 is 5.64 Å². The molecule has 9 nitrogen and oxygen atoms in total. The maximum absolute atomic E-state index is 11.1. The van der Waals surface area contributed by atoms with Crippen LogP contribution in [0, 0.1) is 0 Å². The predicted molar refractivity (Wildman–Crippen MR) is 47.0 cm³/mol. The van der Waals surface area contributed by atoms with E-state index in [1.54, 1.807) is 0 Å². The van der Waals surface area contributed by atoms with Crippen molar-refractivity contribution in [3.8, 4) is 0 Å². The third-order valence-electron chi connectivity index (χ3n) is 2.06. The average molecular weight is 241 g/mol. The van der Waals surface area contributed by atoms with E-state index in [0.717, 1.165) is 0 Å². The fraction of sp³-hybridized carbons (Fsp3) is 0.857. The zero-order valence-corrected chi connectivity index (χ0v) is 8.28. The van der Waals surface area contributed by atoms with Gasteiger partial charge in [0.25, 0.3) is 0 Å². The molecule has 0 bridgehead atoms. The lowest BCUT2D eigenvalue weighted by atomic mass is 9.89. The number of aliphatic hydroxyl groups excluding tert-OH is 4. The Labute approximate surface area is 90.4 Å². The van der Waals surface area contributed by atoms with E-state index in [-0.39, 0.29) is 0 Å². The summed E-state index contributed by atoms with van der Waals surface area (Å²) in [5.74, 6) is -1.11. The number of rotatable bonds is 8. The monoisotopic (exact) mass is 241 g/mol. The van der Waals surface area contributed by atoms with Crippen LogP contribution in [0.2, 0.25) is 0 Å². The van der Waals surface area contributed by atoms with Gasteiger partial charge >= 0.3 is 0 Å². The molecule has 3 atom stereocenters. The third kappa shape index (κ3) is 3.43. The maximum atomic E-state index is 11.1. The van der Waals surface area contributed by atoms with Crippen molar-refractivity contribution >= 4 is 5.78 Å². The molecule has 0 aliphatic rings. The van der Waals surface area contributed by atoms with Gasteiger partial charge in [0, 0.05) is 0 Å². The van der Waals surface area contributed by atoms with Crippen LogP contribution in [0.15, 0.2) is 0 Å². The molecule has 0 rings (SSSR count). The van der Waals surface area contributed by atoms with Crippen LogP contribution in [0.4, 0.5) is 0 Å². The lowest BCUT2D eigenvalue weighted by molar-refractivity contribution is -0.192. The van der Waals surface area contributed by atoms with Gasteiger partial charge in [-0.1, -0.05) is 5.64 Å². The molecule has 7 N–H and O–H groups in total. The van der Waals surface area contributed by atoms with Gasteiger partial charge < -0.3 is 25.5 Å². The van der Waals surface area contributed by atoms with E-state index in [1.807, 2.05) is 0 Å². The molecule has 96 valence electrons. The zero-order chi connectivity index (χ0) is 12.8. The van der Waals surface area contributed by atoms with Gasteiger partial charge in [-0.2, -0.15) is 0 Å². The molecule has 0 aromatic carbocycles. The van der Waals surface area contributed by atoms with Gasteiger partial charge in [-0.05, 0) is 0 Å². The first-order valence-corrected chi connectivity index (χ1v) is 4.27. The third-order valence-corrected chi connectivity index (χ3v) is 2.06. The first-order valence-electron chi connectivity index (χ1n) is 4.27. The highest BCUT2D eigenvalue weighted by molar-refractivity contribution is 5.85. The van der Waals surface area contributed by atoms with E-state index in [2.05, 4.69) is 4.84 Å². The molecule has 0 saturated carbocycles. The van der Waals surface area contributed by atoms with Crippen molar-refractivity contribution < 1.29 is 40.4 Å². The standard InChI is InChI=1S/C7H15NO8/c9-1-5(12)7(14,3-10)6(13)4(11)2-16-8-15/h5-6,8-10,12-15H,1-3H2. The Bertz CT molecular complexity index is 224. The molecule has 9 heteroatoms. The summed E-state index contributed by atoms with van der Waals surface area (Å²) in [7, 11) is 0. The highest BCUT2D eigenvalue weighted by Crippen LogP contribution is 2.16. The minimum atomic E-state index is -2.59. The number of aliphatic hydroxyl groups is 5. The predicted octanol–water partition coefficient (Wildman–Crippen LogP) is -4.10. The van der Waals surface area contributed by atoms with Gasteiger partial charge in [-0.15, -0.1) is 0 Å². The lowest BCUT2D eigenvalue weighted by Crippen LogP contribution is -2.59. The molecule has 0 aliphatic heterocycles. The van der Waals surface area contributed by atoms with Gasteiger partial charge in [0.2, 0.25) is 0 Å². The SMILES string of the molecule is O=C(CONO)C(O)C(O)(CO)C(O)CO. The second kappa shape index (κ2) is 6.83. The molecule has 0 amide bonds. The molecule has 16 heavy (non-hydrogen) atoms. The van der Waals surface area contributed by atoms with Crippen molar-refractivity contribution in [3.63, 3.8) is 0 Å². The molecule has 0 spiro atoms. The summed E-state index contributed by atoms with van der Waals surface area (Å²) in [6, 6.07) is 0. The normalized spacial score (nSPS) is 18.9. The molecule has 0 radical (unpaired) electrons. The van der Waals surface area contributed by atoms with E-state index in [0.29, 0.717) is 0 Å². The molecular formula is C7H15NO8. The Morgan fingerprint density at radius 2 is 1.94 bits per heavy atom. The van der Waals surface area contributed by atoms with Gasteiger partial charge in [0.1, 0.15) is 24.4 Å². The number of hydrogen-bond acceptors (Lipinski definition) is 9. The van der Waals surface area contributed by atoms with Gasteiger partial charge in [-0.3, -0.25) is 14.8 Å². The van der Waals surface area contributed by atoms with Gasteiger partial charge in [0.05, 0.1) is 13.2 Å². The van der Waals surface area contributed by atoms with Crippen LogP contribution in [0.5, 0.6) is 0 Å². The first kappa shape index (κ1) is 15.3. The summed E-state index contributed by atoms with van der Waals surface area (Å²) in [6.45, 7) is -2.91. The summed E-state index contributed by atoms with van der Waals surface area (Å²) >= 11 is 0. The van der Waals surface area contributed by atoms with Crippen LogP contribution in [-0.4, -0.2) is 74.2 Å². The summed E-state index contributed by atoms with van der Waals surface area (Å²) in [5.41, 5.74) is -1.41. The minimum absolute atomic E-state index is 0.807. The smallest absolute Gasteiger partial charge is 0.192 e. The number of Topliss-reactive ketones (excluding diaryl/α,β-unsaturated/α-hetero) is 1. The fourth-order valence-electron chi connectivity index (χ4n) is 0.993. The first-order chi connectivity index (χ1) is 7.43. The molecule has 0 fully saturated rings.